The molecule has 1 heterocycles. The summed E-state index contributed by atoms with van der Waals surface area (Å²) in [6.07, 6.45) is 0.175. The molecule has 3 N–H and O–H groups in total. The van der Waals surface area contributed by atoms with Crippen LogP contribution in [0.4, 0.5) is 5.69 Å². The smallest absolute Gasteiger partial charge is 0.240 e. The number of amides is 2. The Bertz CT molecular complexity index is 642. The van der Waals surface area contributed by atoms with Crippen LogP contribution < -0.4 is 21.1 Å². The van der Waals surface area contributed by atoms with Gasteiger partial charge in [0.1, 0.15) is 0 Å². The van der Waals surface area contributed by atoms with Gasteiger partial charge in [0.25, 0.3) is 0 Å². The first-order chi connectivity index (χ1) is 12.0. The number of hydrazine groups is 1. The van der Waals surface area contributed by atoms with E-state index in [9.17, 15) is 9.59 Å². The highest BCUT2D eigenvalue weighted by Gasteiger charge is 2.24. The van der Waals surface area contributed by atoms with E-state index in [1.54, 1.807) is 12.0 Å². The van der Waals surface area contributed by atoms with Gasteiger partial charge >= 0.3 is 0 Å². The molecule has 2 rings (SSSR count). The number of benzene rings is 1. The van der Waals surface area contributed by atoms with Crippen molar-refractivity contribution in [3.8, 4) is 0 Å². The second kappa shape index (κ2) is 9.59. The predicted octanol–water partition coefficient (Wildman–Crippen LogP) is 1.05. The SMILES string of the molecule is COC[C@@H](C)NC(=S)NNC(=O)CCN1C(=O)CSc2ccccc21. The maximum absolute atomic E-state index is 12.1. The minimum Gasteiger partial charge on any atom is -0.383 e. The number of anilines is 1. The standard InChI is InChI=1S/C16H22N4O3S2/c1-11(9-23-2)17-16(24)19-18-14(21)7-8-20-12-5-3-4-6-13(12)25-10-15(20)22/h3-6,11H,7-10H2,1-2H3,(H,18,21)(H2,17,19,24)/t11-/m1/s1. The van der Waals surface area contributed by atoms with Gasteiger partial charge in [-0.2, -0.15) is 0 Å². The molecule has 0 spiro atoms. The van der Waals surface area contributed by atoms with E-state index in [4.69, 9.17) is 17.0 Å². The fraction of sp³-hybridized carbons (Fsp3) is 0.438. The summed E-state index contributed by atoms with van der Waals surface area (Å²) in [5.41, 5.74) is 6.04. The lowest BCUT2D eigenvalue weighted by molar-refractivity contribution is -0.121. The van der Waals surface area contributed by atoms with E-state index < -0.39 is 0 Å². The summed E-state index contributed by atoms with van der Waals surface area (Å²) in [6.45, 7) is 2.74. The number of para-hydroxylation sites is 1. The molecular formula is C16H22N4O3S2. The van der Waals surface area contributed by atoms with Crippen molar-refractivity contribution in [1.29, 1.82) is 0 Å². The highest BCUT2D eigenvalue weighted by atomic mass is 32.2. The van der Waals surface area contributed by atoms with Gasteiger partial charge in [-0.25, -0.2) is 0 Å². The molecule has 0 unspecified atom stereocenters. The molecule has 0 bridgehead atoms. The molecule has 7 nitrogen and oxygen atoms in total. The first kappa shape index (κ1) is 19.5. The number of fused-ring (bicyclic) bond motifs is 1. The van der Waals surface area contributed by atoms with Gasteiger partial charge in [-0.05, 0) is 31.3 Å². The summed E-state index contributed by atoms with van der Waals surface area (Å²) < 4.78 is 5.00. The molecular weight excluding hydrogens is 360 g/mol. The maximum Gasteiger partial charge on any atom is 0.240 e. The van der Waals surface area contributed by atoms with Crippen molar-refractivity contribution in [3.05, 3.63) is 24.3 Å². The number of carbonyl (C=O) groups excluding carboxylic acids is 2. The third kappa shape index (κ3) is 5.87. The summed E-state index contributed by atoms with van der Waals surface area (Å²) in [5, 5.41) is 3.29. The molecule has 1 aromatic carbocycles. The Labute approximate surface area is 156 Å². The predicted molar refractivity (Wildman–Crippen MR) is 102 cm³/mol. The van der Waals surface area contributed by atoms with Gasteiger partial charge in [-0.15, -0.1) is 11.8 Å². The van der Waals surface area contributed by atoms with Crippen LogP contribution in [0.1, 0.15) is 13.3 Å². The van der Waals surface area contributed by atoms with Crippen molar-refractivity contribution in [2.45, 2.75) is 24.3 Å². The zero-order valence-electron chi connectivity index (χ0n) is 14.2. The van der Waals surface area contributed by atoms with E-state index in [2.05, 4.69) is 16.2 Å². The second-order valence-corrected chi connectivity index (χ2v) is 6.98. The molecule has 1 aliphatic heterocycles. The van der Waals surface area contributed by atoms with E-state index in [1.165, 1.54) is 11.8 Å². The van der Waals surface area contributed by atoms with E-state index in [-0.39, 0.29) is 24.3 Å². The largest absolute Gasteiger partial charge is 0.383 e. The Morgan fingerprint density at radius 1 is 1.40 bits per heavy atom. The molecule has 2 amide bonds. The number of thioether (sulfide) groups is 1. The number of ether oxygens (including phenoxy) is 1. The molecule has 0 fully saturated rings. The van der Waals surface area contributed by atoms with Gasteiger partial charge in [-0.3, -0.25) is 20.4 Å². The van der Waals surface area contributed by atoms with Crippen molar-refractivity contribution in [2.24, 2.45) is 0 Å². The number of nitrogens with one attached hydrogen (secondary N) is 3. The molecule has 1 atom stereocenters. The fourth-order valence-corrected chi connectivity index (χ4v) is 3.54. The highest BCUT2D eigenvalue weighted by Crippen LogP contribution is 2.34. The topological polar surface area (TPSA) is 82.7 Å². The van der Waals surface area contributed by atoms with Crippen LogP contribution in [-0.4, -0.2) is 49.0 Å². The monoisotopic (exact) mass is 382 g/mol. The Balaban J connectivity index is 1.78. The van der Waals surface area contributed by atoms with Crippen LogP contribution >= 0.6 is 24.0 Å². The van der Waals surface area contributed by atoms with Crippen LogP contribution in [-0.2, 0) is 14.3 Å². The van der Waals surface area contributed by atoms with Crippen LogP contribution in [0.15, 0.2) is 29.2 Å². The summed E-state index contributed by atoms with van der Waals surface area (Å²) in [6, 6.07) is 7.73. The van der Waals surface area contributed by atoms with E-state index >= 15 is 0 Å². The molecule has 0 saturated heterocycles. The Hall–Kier alpha value is -1.84. The van der Waals surface area contributed by atoms with Gasteiger partial charge < -0.3 is 15.0 Å². The Morgan fingerprint density at radius 2 is 2.16 bits per heavy atom. The molecule has 136 valence electrons. The summed E-state index contributed by atoms with van der Waals surface area (Å²) in [4.78, 5) is 26.8. The van der Waals surface area contributed by atoms with Crippen LogP contribution in [0.5, 0.6) is 0 Å². The third-order valence-electron chi connectivity index (χ3n) is 3.48. The molecule has 0 aliphatic carbocycles. The molecule has 0 radical (unpaired) electrons. The first-order valence-electron chi connectivity index (χ1n) is 7.87. The minimum absolute atomic E-state index is 0.00929. The summed E-state index contributed by atoms with van der Waals surface area (Å²) >= 11 is 6.60. The normalized spacial score (nSPS) is 14.5. The molecule has 25 heavy (non-hydrogen) atoms. The molecule has 1 aliphatic rings. The van der Waals surface area contributed by atoms with Crippen molar-refractivity contribution < 1.29 is 14.3 Å². The molecule has 0 aromatic heterocycles. The van der Waals surface area contributed by atoms with Crippen LogP contribution in [0, 0.1) is 0 Å². The fourth-order valence-electron chi connectivity index (χ4n) is 2.35. The van der Waals surface area contributed by atoms with Crippen molar-refractivity contribution in [2.75, 3.05) is 30.9 Å². The first-order valence-corrected chi connectivity index (χ1v) is 9.27. The summed E-state index contributed by atoms with van der Waals surface area (Å²) in [5.74, 6) is 0.157. The average molecular weight is 383 g/mol. The second-order valence-electron chi connectivity index (χ2n) is 5.55. The molecule has 0 saturated carbocycles. The van der Waals surface area contributed by atoms with E-state index in [1.807, 2.05) is 31.2 Å². The average Bonchev–Trinajstić information content (AvgIpc) is 2.59. The Kier molecular flexibility index (Phi) is 7.48. The number of carbonyl (C=O) groups is 2. The van der Waals surface area contributed by atoms with Crippen LogP contribution in [0.2, 0.25) is 0 Å². The number of hydrogen-bond donors (Lipinski definition) is 3. The Morgan fingerprint density at radius 3 is 2.92 bits per heavy atom. The molecule has 1 aromatic rings. The minimum atomic E-state index is -0.243. The van der Waals surface area contributed by atoms with Gasteiger partial charge in [-0.1, -0.05) is 12.1 Å². The zero-order valence-corrected chi connectivity index (χ0v) is 15.8. The van der Waals surface area contributed by atoms with Crippen LogP contribution in [0.25, 0.3) is 0 Å². The lowest BCUT2D eigenvalue weighted by Crippen LogP contribution is -2.50. The lowest BCUT2D eigenvalue weighted by Gasteiger charge is -2.28. The van der Waals surface area contributed by atoms with Crippen molar-refractivity contribution in [1.82, 2.24) is 16.2 Å². The highest BCUT2D eigenvalue weighted by molar-refractivity contribution is 8.00. The third-order valence-corrected chi connectivity index (χ3v) is 4.75. The number of nitrogens with zero attached hydrogens (tertiary/aromatic N) is 1. The van der Waals surface area contributed by atoms with Gasteiger partial charge in [0.15, 0.2) is 5.11 Å². The van der Waals surface area contributed by atoms with Gasteiger partial charge in [0.05, 0.1) is 18.0 Å². The van der Waals surface area contributed by atoms with Gasteiger partial charge in [0.2, 0.25) is 11.8 Å². The summed E-state index contributed by atoms with van der Waals surface area (Å²) in [7, 11) is 1.61. The number of rotatable bonds is 6. The number of methoxy groups -OCH3 is 1. The van der Waals surface area contributed by atoms with E-state index in [0.29, 0.717) is 24.0 Å². The van der Waals surface area contributed by atoms with Crippen molar-refractivity contribution >= 4 is 46.6 Å². The molecule has 9 heteroatoms. The van der Waals surface area contributed by atoms with Crippen LogP contribution in [0.3, 0.4) is 0 Å². The lowest BCUT2D eigenvalue weighted by atomic mass is 10.2. The van der Waals surface area contributed by atoms with Crippen molar-refractivity contribution in [3.63, 3.8) is 0 Å². The quantitative estimate of drug-likeness (QED) is 0.501. The van der Waals surface area contributed by atoms with E-state index in [0.717, 1.165) is 10.6 Å². The maximum atomic E-state index is 12.1. The van der Waals surface area contributed by atoms with Gasteiger partial charge in [0, 0.05) is 31.0 Å². The number of thiocarbonyl (C=S) groups is 1. The zero-order chi connectivity index (χ0) is 18.2. The number of hydrogen-bond acceptors (Lipinski definition) is 5.